The van der Waals surface area contributed by atoms with Crippen LogP contribution in [0.1, 0.15) is 37.7 Å². The van der Waals surface area contributed by atoms with Crippen molar-refractivity contribution >= 4 is 51.6 Å². The topological polar surface area (TPSA) is 87.5 Å². The molecule has 0 aliphatic heterocycles. The molecule has 0 atom stereocenters. The van der Waals surface area contributed by atoms with E-state index in [-0.39, 0.29) is 22.9 Å². The summed E-state index contributed by atoms with van der Waals surface area (Å²) in [6.07, 6.45) is 4.64. The minimum absolute atomic E-state index is 0.0559. The highest BCUT2D eigenvalue weighted by molar-refractivity contribution is 6.30. The Morgan fingerprint density at radius 3 is 2.45 bits per heavy atom. The smallest absolute Gasteiger partial charge is 0.335 e. The van der Waals surface area contributed by atoms with Gasteiger partial charge in [-0.25, -0.2) is 18.7 Å². The summed E-state index contributed by atoms with van der Waals surface area (Å²) in [4.78, 5) is 26.9. The van der Waals surface area contributed by atoms with Gasteiger partial charge in [-0.3, -0.25) is 4.90 Å². The number of rotatable bonds is 6. The van der Waals surface area contributed by atoms with E-state index in [0.717, 1.165) is 49.2 Å². The highest BCUT2D eigenvalue weighted by Gasteiger charge is 2.32. The highest BCUT2D eigenvalue weighted by Crippen LogP contribution is 2.36. The predicted octanol–water partition coefficient (Wildman–Crippen LogP) is 7.29. The highest BCUT2D eigenvalue weighted by atomic mass is 35.5. The first-order valence-corrected chi connectivity index (χ1v) is 12.8. The molecule has 1 aliphatic carbocycles. The number of fused-ring (bicyclic) bond motifs is 1. The minimum atomic E-state index is -1.24. The number of benzene rings is 3. The standard InChI is InChI=1S/C29H26ClFN4O3/c1-18(28(36)37)19-11-16-26(24(31)17-19)32-29(38)34(21-7-3-2-4-8-21)27-23-9-5-6-10-25(23)33-35(27)22-14-12-20(30)13-15-22/h5-6,9-17,21H,1-4,7-8H2,(H,32,38)(H,36,37). The second-order valence-electron chi connectivity index (χ2n) is 9.30. The van der Waals surface area contributed by atoms with Gasteiger partial charge in [-0.1, -0.05) is 55.6 Å². The maximum atomic E-state index is 15.0. The average molecular weight is 533 g/mol. The lowest BCUT2D eigenvalue weighted by Crippen LogP contribution is -2.45. The molecule has 0 spiro atoms. The quantitative estimate of drug-likeness (QED) is 0.255. The Morgan fingerprint density at radius 2 is 1.76 bits per heavy atom. The van der Waals surface area contributed by atoms with Crippen LogP contribution >= 0.6 is 11.6 Å². The zero-order valence-corrected chi connectivity index (χ0v) is 21.3. The summed E-state index contributed by atoms with van der Waals surface area (Å²) in [5.41, 5.74) is 1.29. The molecule has 4 aromatic rings. The van der Waals surface area contributed by atoms with Crippen LogP contribution in [0, 0.1) is 5.82 Å². The van der Waals surface area contributed by atoms with Crippen LogP contribution < -0.4 is 10.2 Å². The van der Waals surface area contributed by atoms with Crippen LogP contribution in [0.5, 0.6) is 0 Å². The Balaban J connectivity index is 1.59. The molecule has 0 bridgehead atoms. The Morgan fingerprint density at radius 1 is 1.05 bits per heavy atom. The van der Waals surface area contributed by atoms with Crippen molar-refractivity contribution in [3.63, 3.8) is 0 Å². The van der Waals surface area contributed by atoms with Gasteiger partial charge in [0.05, 0.1) is 22.5 Å². The van der Waals surface area contributed by atoms with Crippen molar-refractivity contribution in [2.75, 3.05) is 10.2 Å². The van der Waals surface area contributed by atoms with Gasteiger partial charge in [-0.15, -0.1) is 0 Å². The van der Waals surface area contributed by atoms with Crippen LogP contribution in [-0.2, 0) is 4.79 Å². The summed E-state index contributed by atoms with van der Waals surface area (Å²) in [5, 5.41) is 18.1. The fourth-order valence-corrected chi connectivity index (χ4v) is 5.02. The van der Waals surface area contributed by atoms with Crippen LogP contribution in [0.25, 0.3) is 22.2 Å². The van der Waals surface area contributed by atoms with Crippen molar-refractivity contribution in [2.45, 2.75) is 38.1 Å². The molecule has 1 aliphatic rings. The summed E-state index contributed by atoms with van der Waals surface area (Å²) in [5.74, 6) is -1.41. The number of amides is 2. The minimum Gasteiger partial charge on any atom is -0.478 e. The summed E-state index contributed by atoms with van der Waals surface area (Å²) in [7, 11) is 0. The van der Waals surface area contributed by atoms with Gasteiger partial charge in [0.1, 0.15) is 11.6 Å². The molecule has 0 unspecified atom stereocenters. The molecule has 0 saturated heterocycles. The van der Waals surface area contributed by atoms with E-state index >= 15 is 4.39 Å². The van der Waals surface area contributed by atoms with Gasteiger partial charge in [0.2, 0.25) is 0 Å². The van der Waals surface area contributed by atoms with Crippen molar-refractivity contribution in [3.05, 3.63) is 89.7 Å². The third-order valence-corrected chi connectivity index (χ3v) is 7.08. The maximum absolute atomic E-state index is 15.0. The molecule has 5 rings (SSSR count). The number of anilines is 2. The lowest BCUT2D eigenvalue weighted by atomic mass is 9.94. The number of carbonyl (C=O) groups excluding carboxylic acids is 1. The molecular formula is C29H26ClFN4O3. The van der Waals surface area contributed by atoms with Gasteiger partial charge in [-0.2, -0.15) is 5.10 Å². The molecule has 3 aromatic carbocycles. The van der Waals surface area contributed by atoms with E-state index in [1.54, 1.807) is 21.7 Å². The number of hydrogen-bond acceptors (Lipinski definition) is 3. The maximum Gasteiger partial charge on any atom is 0.335 e. The van der Waals surface area contributed by atoms with Gasteiger partial charge >= 0.3 is 12.0 Å². The number of nitrogens with zero attached hydrogens (tertiary/aromatic N) is 3. The number of carboxylic acid groups (broad SMARTS) is 1. The molecule has 1 saturated carbocycles. The molecule has 7 nitrogen and oxygen atoms in total. The zero-order chi connectivity index (χ0) is 26.8. The monoisotopic (exact) mass is 532 g/mol. The Labute approximate surface area is 224 Å². The molecule has 1 heterocycles. The second kappa shape index (κ2) is 10.7. The lowest BCUT2D eigenvalue weighted by molar-refractivity contribution is -0.130. The summed E-state index contributed by atoms with van der Waals surface area (Å²) >= 11 is 6.13. The van der Waals surface area contributed by atoms with Gasteiger partial charge in [0.25, 0.3) is 0 Å². The van der Waals surface area contributed by atoms with Gasteiger partial charge in [0.15, 0.2) is 0 Å². The van der Waals surface area contributed by atoms with E-state index in [0.29, 0.717) is 16.4 Å². The van der Waals surface area contributed by atoms with Crippen LogP contribution in [0.15, 0.2) is 73.3 Å². The van der Waals surface area contributed by atoms with Crippen molar-refractivity contribution in [1.29, 1.82) is 0 Å². The third-order valence-electron chi connectivity index (χ3n) is 6.83. The van der Waals surface area contributed by atoms with Crippen LogP contribution in [0.3, 0.4) is 0 Å². The molecule has 1 fully saturated rings. The number of hydrogen-bond donors (Lipinski definition) is 2. The molecular weight excluding hydrogens is 507 g/mol. The summed E-state index contributed by atoms with van der Waals surface area (Å²) in [6, 6.07) is 18.0. The second-order valence-corrected chi connectivity index (χ2v) is 9.74. The normalized spacial score (nSPS) is 13.8. The van der Waals surface area contributed by atoms with E-state index in [1.807, 2.05) is 36.4 Å². The molecule has 38 heavy (non-hydrogen) atoms. The Bertz CT molecular complexity index is 1530. The molecule has 194 valence electrons. The summed E-state index contributed by atoms with van der Waals surface area (Å²) in [6.45, 7) is 3.47. The van der Waals surface area contributed by atoms with Crippen molar-refractivity contribution in [3.8, 4) is 5.69 Å². The number of urea groups is 1. The predicted molar refractivity (Wildman–Crippen MR) is 148 cm³/mol. The third kappa shape index (κ3) is 4.99. The fourth-order valence-electron chi connectivity index (χ4n) is 4.89. The first-order chi connectivity index (χ1) is 18.3. The van der Waals surface area contributed by atoms with Crippen molar-refractivity contribution in [2.24, 2.45) is 0 Å². The molecule has 0 radical (unpaired) electrons. The first kappa shape index (κ1) is 25.5. The Hall–Kier alpha value is -4.17. The number of carbonyl (C=O) groups is 2. The summed E-state index contributed by atoms with van der Waals surface area (Å²) < 4.78 is 16.7. The number of aromatic nitrogens is 2. The number of nitrogens with one attached hydrogen (secondary N) is 1. The van der Waals surface area contributed by atoms with E-state index in [2.05, 4.69) is 11.9 Å². The van der Waals surface area contributed by atoms with Gasteiger partial charge < -0.3 is 10.4 Å². The number of carboxylic acids is 1. The lowest BCUT2D eigenvalue weighted by Gasteiger charge is -2.34. The van der Waals surface area contributed by atoms with Gasteiger partial charge in [0, 0.05) is 16.5 Å². The molecule has 9 heteroatoms. The number of halogens is 2. The molecule has 2 amide bonds. The molecule has 2 N–H and O–H groups in total. The van der Waals surface area contributed by atoms with E-state index in [4.69, 9.17) is 16.7 Å². The van der Waals surface area contributed by atoms with Crippen LogP contribution in [0.2, 0.25) is 5.02 Å². The van der Waals surface area contributed by atoms with Crippen molar-refractivity contribution in [1.82, 2.24) is 9.78 Å². The van der Waals surface area contributed by atoms with Crippen LogP contribution in [-0.4, -0.2) is 32.9 Å². The average Bonchev–Trinajstić information content (AvgIpc) is 3.29. The number of aliphatic carboxylic acids is 1. The van der Waals surface area contributed by atoms with Gasteiger partial charge in [-0.05, 0) is 66.9 Å². The SMILES string of the molecule is C=C(C(=O)O)c1ccc(NC(=O)N(c2c3ccccc3nn2-c2ccc(Cl)cc2)C2CCCCC2)c(F)c1. The van der Waals surface area contributed by atoms with E-state index in [9.17, 15) is 14.7 Å². The zero-order valence-electron chi connectivity index (χ0n) is 20.5. The first-order valence-electron chi connectivity index (χ1n) is 12.4. The van der Waals surface area contributed by atoms with Crippen molar-refractivity contribution < 1.29 is 19.1 Å². The van der Waals surface area contributed by atoms with E-state index < -0.39 is 17.8 Å². The Kier molecular flexibility index (Phi) is 7.15. The fraction of sp³-hybridized carbons (Fsp3) is 0.207. The van der Waals surface area contributed by atoms with Crippen LogP contribution in [0.4, 0.5) is 20.7 Å². The molecule has 1 aromatic heterocycles. The van der Waals surface area contributed by atoms with E-state index in [1.165, 1.54) is 12.1 Å². The largest absolute Gasteiger partial charge is 0.478 e.